The van der Waals surface area contributed by atoms with Gasteiger partial charge in [-0.1, -0.05) is 11.2 Å². The Morgan fingerprint density at radius 1 is 1.24 bits per heavy atom. The van der Waals surface area contributed by atoms with Crippen molar-refractivity contribution in [3.05, 3.63) is 58.7 Å². The number of rotatable bonds is 3. The number of urea groups is 1. The van der Waals surface area contributed by atoms with Gasteiger partial charge >= 0.3 is 6.03 Å². The van der Waals surface area contributed by atoms with Gasteiger partial charge in [-0.05, 0) is 37.1 Å². The molecule has 2 aliphatic rings. The summed E-state index contributed by atoms with van der Waals surface area (Å²) in [6, 6.07) is 4.13. The standard InChI is InChI=1S/C20H19N5O4/c1-11-17(12(2)29-22-11)10-23-9-15(7-21-23)25-19(27)18-6-14-5-16(26)4-3-13(14)8-24(18)20(25)28/h3-5,7,9,18,26H,6,8,10H2,1-2H3. The second kappa shape index (κ2) is 6.20. The molecule has 0 radical (unpaired) electrons. The molecule has 3 aromatic rings. The highest BCUT2D eigenvalue weighted by Gasteiger charge is 2.48. The maximum absolute atomic E-state index is 13.0. The molecule has 9 nitrogen and oxygen atoms in total. The van der Waals surface area contributed by atoms with Crippen molar-refractivity contribution >= 4 is 17.6 Å². The summed E-state index contributed by atoms with van der Waals surface area (Å²) >= 11 is 0. The van der Waals surface area contributed by atoms with E-state index in [1.54, 1.807) is 34.0 Å². The molecule has 0 aliphatic carbocycles. The Morgan fingerprint density at radius 3 is 2.83 bits per heavy atom. The number of hydrogen-bond donors (Lipinski definition) is 1. The van der Waals surface area contributed by atoms with Crippen molar-refractivity contribution in [2.75, 3.05) is 4.90 Å². The molecule has 0 spiro atoms. The van der Waals surface area contributed by atoms with Gasteiger partial charge in [-0.15, -0.1) is 0 Å². The van der Waals surface area contributed by atoms with E-state index >= 15 is 0 Å². The number of fused-ring (bicyclic) bond motifs is 2. The fourth-order valence-electron chi connectivity index (χ4n) is 4.04. The van der Waals surface area contributed by atoms with Crippen molar-refractivity contribution in [3.63, 3.8) is 0 Å². The summed E-state index contributed by atoms with van der Waals surface area (Å²) in [5.74, 6) is 0.596. The van der Waals surface area contributed by atoms with Crippen LogP contribution in [0.4, 0.5) is 10.5 Å². The maximum Gasteiger partial charge on any atom is 0.332 e. The molecule has 1 atom stereocenters. The number of imide groups is 1. The van der Waals surface area contributed by atoms with E-state index in [1.165, 1.54) is 11.1 Å². The lowest BCUT2D eigenvalue weighted by atomic mass is 9.94. The number of amides is 3. The van der Waals surface area contributed by atoms with E-state index < -0.39 is 6.04 Å². The molecule has 3 amide bonds. The lowest BCUT2D eigenvalue weighted by molar-refractivity contribution is -0.120. The van der Waals surface area contributed by atoms with Crippen LogP contribution in [0.3, 0.4) is 0 Å². The van der Waals surface area contributed by atoms with Crippen molar-refractivity contribution < 1.29 is 19.2 Å². The molecule has 1 fully saturated rings. The highest BCUT2D eigenvalue weighted by atomic mass is 16.5. The van der Waals surface area contributed by atoms with Gasteiger partial charge in [0.25, 0.3) is 5.91 Å². The summed E-state index contributed by atoms with van der Waals surface area (Å²) in [6.45, 7) is 4.47. The fourth-order valence-corrected chi connectivity index (χ4v) is 4.04. The molecule has 0 saturated carbocycles. The third-order valence-electron chi connectivity index (χ3n) is 5.64. The average molecular weight is 393 g/mol. The summed E-state index contributed by atoms with van der Waals surface area (Å²) in [7, 11) is 0. The maximum atomic E-state index is 13.0. The highest BCUT2D eigenvalue weighted by molar-refractivity contribution is 6.21. The molecular weight excluding hydrogens is 374 g/mol. The number of aromatic nitrogens is 3. The van der Waals surface area contributed by atoms with Crippen LogP contribution in [0.1, 0.15) is 28.1 Å². The van der Waals surface area contributed by atoms with Crippen LogP contribution in [0.15, 0.2) is 35.1 Å². The van der Waals surface area contributed by atoms with E-state index in [0.717, 1.165) is 22.4 Å². The zero-order chi connectivity index (χ0) is 20.3. The van der Waals surface area contributed by atoms with Gasteiger partial charge in [0, 0.05) is 24.7 Å². The summed E-state index contributed by atoms with van der Waals surface area (Å²) in [5.41, 5.74) is 3.98. The van der Waals surface area contributed by atoms with E-state index in [0.29, 0.717) is 31.0 Å². The second-order valence-electron chi connectivity index (χ2n) is 7.46. The predicted molar refractivity (Wildman–Crippen MR) is 101 cm³/mol. The molecule has 1 saturated heterocycles. The molecule has 1 aromatic carbocycles. The number of carbonyl (C=O) groups is 2. The Labute approximate surface area is 166 Å². The van der Waals surface area contributed by atoms with Gasteiger partial charge < -0.3 is 14.5 Å². The monoisotopic (exact) mass is 393 g/mol. The predicted octanol–water partition coefficient (Wildman–Crippen LogP) is 2.14. The zero-order valence-corrected chi connectivity index (χ0v) is 16.0. The minimum absolute atomic E-state index is 0.159. The quantitative estimate of drug-likeness (QED) is 0.684. The first kappa shape index (κ1) is 17.5. The lowest BCUT2D eigenvalue weighted by Gasteiger charge is -2.28. The Bertz CT molecular complexity index is 1130. The number of carbonyl (C=O) groups excluding carboxylic acids is 2. The van der Waals surface area contributed by atoms with Crippen LogP contribution in [-0.4, -0.2) is 42.9 Å². The van der Waals surface area contributed by atoms with E-state index in [4.69, 9.17) is 4.52 Å². The Kier molecular flexibility index (Phi) is 3.73. The molecule has 0 bridgehead atoms. The third kappa shape index (κ3) is 2.69. The molecule has 2 aliphatic heterocycles. The van der Waals surface area contributed by atoms with Crippen LogP contribution in [0, 0.1) is 13.8 Å². The van der Waals surface area contributed by atoms with Crippen molar-refractivity contribution in [2.24, 2.45) is 0 Å². The van der Waals surface area contributed by atoms with Crippen LogP contribution in [0.2, 0.25) is 0 Å². The van der Waals surface area contributed by atoms with Crippen LogP contribution >= 0.6 is 0 Å². The number of aromatic hydroxyl groups is 1. The smallest absolute Gasteiger partial charge is 0.332 e. The molecule has 29 heavy (non-hydrogen) atoms. The number of aryl methyl sites for hydroxylation is 2. The van der Waals surface area contributed by atoms with Crippen molar-refractivity contribution in [1.29, 1.82) is 0 Å². The molecule has 148 valence electrons. The van der Waals surface area contributed by atoms with Gasteiger partial charge in [0.1, 0.15) is 17.6 Å². The van der Waals surface area contributed by atoms with Gasteiger partial charge in [0.05, 0.1) is 24.1 Å². The van der Waals surface area contributed by atoms with Gasteiger partial charge in [-0.3, -0.25) is 9.48 Å². The topological polar surface area (TPSA) is 105 Å². The summed E-state index contributed by atoms with van der Waals surface area (Å²) < 4.78 is 6.84. The van der Waals surface area contributed by atoms with Crippen molar-refractivity contribution in [3.8, 4) is 5.75 Å². The summed E-state index contributed by atoms with van der Waals surface area (Å²) in [5, 5.41) is 18.0. The van der Waals surface area contributed by atoms with Crippen LogP contribution in [0.25, 0.3) is 0 Å². The highest BCUT2D eigenvalue weighted by Crippen LogP contribution is 2.34. The molecule has 5 rings (SSSR count). The van der Waals surface area contributed by atoms with E-state index in [9.17, 15) is 14.7 Å². The third-order valence-corrected chi connectivity index (χ3v) is 5.64. The second-order valence-corrected chi connectivity index (χ2v) is 7.46. The molecule has 2 aromatic heterocycles. The van der Waals surface area contributed by atoms with E-state index in [-0.39, 0.29) is 17.7 Å². The number of nitrogens with zero attached hydrogens (tertiary/aromatic N) is 5. The van der Waals surface area contributed by atoms with Gasteiger partial charge in [-0.2, -0.15) is 5.10 Å². The number of anilines is 1. The van der Waals surface area contributed by atoms with E-state index in [2.05, 4.69) is 10.3 Å². The number of phenolic OH excluding ortho intramolecular Hbond substituents is 1. The summed E-state index contributed by atoms with van der Waals surface area (Å²) in [6.07, 6.45) is 3.59. The molecule has 9 heteroatoms. The van der Waals surface area contributed by atoms with E-state index in [1.807, 2.05) is 13.8 Å². The minimum atomic E-state index is -0.567. The van der Waals surface area contributed by atoms with Gasteiger partial charge in [-0.25, -0.2) is 9.69 Å². The largest absolute Gasteiger partial charge is 0.508 e. The SMILES string of the molecule is Cc1noc(C)c1Cn1cc(N2C(=O)C3Cc4cc(O)ccc4CN3C2=O)cn1. The lowest BCUT2D eigenvalue weighted by Crippen LogP contribution is -2.40. The Balaban J connectivity index is 1.41. The Morgan fingerprint density at radius 2 is 2.07 bits per heavy atom. The van der Waals surface area contributed by atoms with Gasteiger partial charge in [0.2, 0.25) is 0 Å². The molecule has 4 heterocycles. The first-order valence-electron chi connectivity index (χ1n) is 9.32. The number of phenols is 1. The van der Waals surface area contributed by atoms with Gasteiger partial charge in [0.15, 0.2) is 0 Å². The van der Waals surface area contributed by atoms with Crippen molar-refractivity contribution in [2.45, 2.75) is 39.4 Å². The first-order chi connectivity index (χ1) is 13.9. The van der Waals surface area contributed by atoms with Crippen LogP contribution in [-0.2, 0) is 24.3 Å². The fraction of sp³-hybridized carbons (Fsp3) is 0.300. The zero-order valence-electron chi connectivity index (χ0n) is 16.0. The van der Waals surface area contributed by atoms with Crippen molar-refractivity contribution in [1.82, 2.24) is 19.8 Å². The Hall–Kier alpha value is -3.62. The van der Waals surface area contributed by atoms with Crippen LogP contribution < -0.4 is 4.90 Å². The molecule has 1 unspecified atom stereocenters. The van der Waals surface area contributed by atoms with Crippen LogP contribution in [0.5, 0.6) is 5.75 Å². The first-order valence-corrected chi connectivity index (χ1v) is 9.32. The normalized spacial score (nSPS) is 18.3. The number of hydrogen-bond acceptors (Lipinski definition) is 6. The number of benzene rings is 1. The minimum Gasteiger partial charge on any atom is -0.508 e. The average Bonchev–Trinajstić information content (AvgIpc) is 3.34. The molecule has 1 N–H and O–H groups in total. The molecular formula is C20H19N5O4. The summed E-state index contributed by atoms with van der Waals surface area (Å²) in [4.78, 5) is 28.8.